The minimum atomic E-state index is -0.123. The first kappa shape index (κ1) is 11.3. The third-order valence-corrected chi connectivity index (χ3v) is 3.59. The molecule has 0 aliphatic carbocycles. The van der Waals surface area contributed by atoms with E-state index in [2.05, 4.69) is 39.0 Å². The molecule has 18 heavy (non-hydrogen) atoms. The molecule has 0 saturated heterocycles. The first-order chi connectivity index (χ1) is 8.47. The Bertz CT molecular complexity index is 637. The van der Waals surface area contributed by atoms with Gasteiger partial charge in [-0.05, 0) is 49.2 Å². The second-order valence-corrected chi connectivity index (χ2v) is 5.92. The van der Waals surface area contributed by atoms with E-state index in [0.29, 0.717) is 0 Å². The van der Waals surface area contributed by atoms with Crippen LogP contribution in [0.5, 0.6) is 0 Å². The van der Waals surface area contributed by atoms with Gasteiger partial charge in [0.1, 0.15) is 0 Å². The standard InChI is InChI=1S/C16H17NO/c1-16(2,3)17-10-13-8-11-6-4-5-7-12(11)9-14(13)15(17)18/h4-9H,10H2,1-3H3. The summed E-state index contributed by atoms with van der Waals surface area (Å²) in [6.45, 7) is 6.96. The maximum Gasteiger partial charge on any atom is 0.254 e. The van der Waals surface area contributed by atoms with Crippen LogP contribution >= 0.6 is 0 Å². The number of hydrogen-bond acceptors (Lipinski definition) is 1. The van der Waals surface area contributed by atoms with Crippen LogP contribution in [0.1, 0.15) is 36.7 Å². The van der Waals surface area contributed by atoms with Crippen molar-refractivity contribution in [3.8, 4) is 0 Å². The summed E-state index contributed by atoms with van der Waals surface area (Å²) in [5, 5.41) is 2.35. The smallest absolute Gasteiger partial charge is 0.254 e. The van der Waals surface area contributed by atoms with E-state index in [-0.39, 0.29) is 11.4 Å². The normalized spacial score (nSPS) is 15.3. The molecule has 2 aromatic rings. The Hall–Kier alpha value is -1.83. The van der Waals surface area contributed by atoms with Gasteiger partial charge in [-0.15, -0.1) is 0 Å². The van der Waals surface area contributed by atoms with Crippen LogP contribution < -0.4 is 0 Å². The monoisotopic (exact) mass is 239 g/mol. The number of benzene rings is 2. The van der Waals surface area contributed by atoms with Gasteiger partial charge < -0.3 is 4.90 Å². The van der Waals surface area contributed by atoms with Crippen LogP contribution in [0.25, 0.3) is 10.8 Å². The fourth-order valence-corrected chi connectivity index (χ4v) is 2.55. The molecular weight excluding hydrogens is 222 g/mol. The highest BCUT2D eigenvalue weighted by molar-refractivity contribution is 6.02. The van der Waals surface area contributed by atoms with E-state index in [1.165, 1.54) is 5.39 Å². The van der Waals surface area contributed by atoms with Crippen molar-refractivity contribution in [2.45, 2.75) is 32.9 Å². The van der Waals surface area contributed by atoms with Crippen LogP contribution in [0.3, 0.4) is 0 Å². The van der Waals surface area contributed by atoms with Crippen molar-refractivity contribution < 1.29 is 4.79 Å². The molecule has 92 valence electrons. The van der Waals surface area contributed by atoms with Gasteiger partial charge in [0.05, 0.1) is 0 Å². The van der Waals surface area contributed by atoms with E-state index in [9.17, 15) is 4.79 Å². The molecule has 0 bridgehead atoms. The number of carbonyl (C=O) groups excluding carboxylic acids is 1. The van der Waals surface area contributed by atoms with Gasteiger partial charge in [0, 0.05) is 17.6 Å². The van der Waals surface area contributed by atoms with Gasteiger partial charge in [0.15, 0.2) is 0 Å². The maximum absolute atomic E-state index is 12.4. The Morgan fingerprint density at radius 3 is 2.28 bits per heavy atom. The van der Waals surface area contributed by atoms with E-state index < -0.39 is 0 Å². The number of hydrogen-bond donors (Lipinski definition) is 0. The Morgan fingerprint density at radius 1 is 1.06 bits per heavy atom. The molecule has 0 aromatic heterocycles. The lowest BCUT2D eigenvalue weighted by Gasteiger charge is -2.31. The lowest BCUT2D eigenvalue weighted by atomic mass is 10.0. The molecule has 1 aliphatic rings. The average Bonchev–Trinajstić information content (AvgIpc) is 2.64. The lowest BCUT2D eigenvalue weighted by Crippen LogP contribution is -2.41. The van der Waals surface area contributed by atoms with Crippen LogP contribution in [-0.2, 0) is 6.54 Å². The quantitative estimate of drug-likeness (QED) is 0.688. The molecule has 2 nitrogen and oxygen atoms in total. The third kappa shape index (κ3) is 1.60. The molecule has 0 unspecified atom stereocenters. The second kappa shape index (κ2) is 3.58. The summed E-state index contributed by atoms with van der Waals surface area (Å²) in [6.07, 6.45) is 0. The summed E-state index contributed by atoms with van der Waals surface area (Å²) >= 11 is 0. The Kier molecular flexibility index (Phi) is 2.24. The zero-order valence-electron chi connectivity index (χ0n) is 11.0. The molecule has 0 spiro atoms. The number of fused-ring (bicyclic) bond motifs is 2. The zero-order valence-corrected chi connectivity index (χ0v) is 11.0. The van der Waals surface area contributed by atoms with Crippen molar-refractivity contribution >= 4 is 16.7 Å². The van der Waals surface area contributed by atoms with E-state index in [1.54, 1.807) is 0 Å². The van der Waals surface area contributed by atoms with E-state index >= 15 is 0 Å². The van der Waals surface area contributed by atoms with E-state index in [0.717, 1.165) is 23.1 Å². The predicted molar refractivity (Wildman–Crippen MR) is 73.6 cm³/mol. The van der Waals surface area contributed by atoms with Crippen molar-refractivity contribution in [2.75, 3.05) is 0 Å². The Morgan fingerprint density at radius 2 is 1.67 bits per heavy atom. The fraction of sp³-hybridized carbons (Fsp3) is 0.312. The molecule has 0 atom stereocenters. The summed E-state index contributed by atoms with van der Waals surface area (Å²) in [5.41, 5.74) is 1.89. The van der Waals surface area contributed by atoms with Gasteiger partial charge in [0.25, 0.3) is 5.91 Å². The van der Waals surface area contributed by atoms with E-state index in [1.807, 2.05) is 23.1 Å². The van der Waals surface area contributed by atoms with Gasteiger partial charge in [-0.2, -0.15) is 0 Å². The minimum Gasteiger partial charge on any atom is -0.329 e. The first-order valence-corrected chi connectivity index (χ1v) is 6.30. The molecule has 0 radical (unpaired) electrons. The second-order valence-electron chi connectivity index (χ2n) is 5.92. The minimum absolute atomic E-state index is 0.123. The molecule has 3 rings (SSSR count). The van der Waals surface area contributed by atoms with Gasteiger partial charge in [-0.25, -0.2) is 0 Å². The Labute approximate surface area is 107 Å². The third-order valence-electron chi connectivity index (χ3n) is 3.59. The number of rotatable bonds is 0. The van der Waals surface area contributed by atoms with Crippen molar-refractivity contribution in [1.82, 2.24) is 4.90 Å². The average molecular weight is 239 g/mol. The Balaban J connectivity index is 2.15. The first-order valence-electron chi connectivity index (χ1n) is 6.30. The highest BCUT2D eigenvalue weighted by Gasteiger charge is 2.34. The molecule has 2 aromatic carbocycles. The fourth-order valence-electron chi connectivity index (χ4n) is 2.55. The molecule has 0 saturated carbocycles. The van der Waals surface area contributed by atoms with Gasteiger partial charge >= 0.3 is 0 Å². The lowest BCUT2D eigenvalue weighted by molar-refractivity contribution is 0.0609. The van der Waals surface area contributed by atoms with Gasteiger partial charge in [0.2, 0.25) is 0 Å². The summed E-state index contributed by atoms with van der Waals surface area (Å²) in [4.78, 5) is 14.4. The number of amides is 1. The van der Waals surface area contributed by atoms with Gasteiger partial charge in [-0.1, -0.05) is 24.3 Å². The largest absolute Gasteiger partial charge is 0.329 e. The van der Waals surface area contributed by atoms with Crippen LogP contribution in [0.2, 0.25) is 0 Å². The summed E-state index contributed by atoms with van der Waals surface area (Å²) in [5.74, 6) is 0.156. The highest BCUT2D eigenvalue weighted by atomic mass is 16.2. The van der Waals surface area contributed by atoms with Gasteiger partial charge in [-0.3, -0.25) is 4.79 Å². The van der Waals surface area contributed by atoms with Crippen molar-refractivity contribution in [3.63, 3.8) is 0 Å². The molecule has 0 N–H and O–H groups in total. The SMILES string of the molecule is CC(C)(C)N1Cc2cc3ccccc3cc2C1=O. The summed E-state index contributed by atoms with van der Waals surface area (Å²) < 4.78 is 0. The summed E-state index contributed by atoms with van der Waals surface area (Å²) in [7, 11) is 0. The topological polar surface area (TPSA) is 20.3 Å². The summed E-state index contributed by atoms with van der Waals surface area (Å²) in [6, 6.07) is 12.4. The number of nitrogens with zero attached hydrogens (tertiary/aromatic N) is 1. The van der Waals surface area contributed by atoms with Crippen LogP contribution in [-0.4, -0.2) is 16.3 Å². The van der Waals surface area contributed by atoms with Crippen molar-refractivity contribution in [1.29, 1.82) is 0 Å². The van der Waals surface area contributed by atoms with Crippen LogP contribution in [0.4, 0.5) is 0 Å². The maximum atomic E-state index is 12.4. The molecule has 2 heteroatoms. The predicted octanol–water partition coefficient (Wildman–Crippen LogP) is 3.59. The van der Waals surface area contributed by atoms with Crippen molar-refractivity contribution in [2.24, 2.45) is 0 Å². The number of carbonyl (C=O) groups is 1. The molecular formula is C16H17NO. The highest BCUT2D eigenvalue weighted by Crippen LogP contribution is 2.31. The molecule has 1 aliphatic heterocycles. The van der Waals surface area contributed by atoms with E-state index in [4.69, 9.17) is 0 Å². The molecule has 0 fully saturated rings. The van der Waals surface area contributed by atoms with Crippen LogP contribution in [0, 0.1) is 0 Å². The molecule has 1 heterocycles. The molecule has 1 amide bonds. The zero-order chi connectivity index (χ0) is 12.9. The van der Waals surface area contributed by atoms with Crippen molar-refractivity contribution in [3.05, 3.63) is 47.5 Å². The van der Waals surface area contributed by atoms with Crippen LogP contribution in [0.15, 0.2) is 36.4 Å².